The Bertz CT molecular complexity index is 2910. The SMILES string of the molecule is c1ccc(-c2cc(-c3ccc4c5ccccc5c5ccccc5c4c3)cc(-c3cc(-c4ccccc4)nc(-c4ccc5ccccc5c4)n3)c2)cc1. The Morgan fingerprint density at radius 2 is 0.712 bits per heavy atom. The molecule has 0 radical (unpaired) electrons. The molecule has 242 valence electrons. The van der Waals surface area contributed by atoms with Gasteiger partial charge < -0.3 is 0 Å². The zero-order valence-corrected chi connectivity index (χ0v) is 28.4. The maximum absolute atomic E-state index is 5.29. The molecule has 2 heteroatoms. The smallest absolute Gasteiger partial charge is 0.160 e. The largest absolute Gasteiger partial charge is 0.228 e. The quantitative estimate of drug-likeness (QED) is 0.172. The fourth-order valence-corrected chi connectivity index (χ4v) is 7.64. The zero-order chi connectivity index (χ0) is 34.4. The molecule has 0 aliphatic heterocycles. The van der Waals surface area contributed by atoms with Crippen LogP contribution in [-0.4, -0.2) is 9.97 Å². The first-order valence-corrected chi connectivity index (χ1v) is 17.7. The Hall–Kier alpha value is -6.90. The third-order valence-electron chi connectivity index (χ3n) is 10.2. The van der Waals surface area contributed by atoms with Crippen molar-refractivity contribution in [3.63, 3.8) is 0 Å². The molecule has 0 spiro atoms. The van der Waals surface area contributed by atoms with Crippen LogP contribution in [0.5, 0.6) is 0 Å². The normalized spacial score (nSPS) is 11.5. The van der Waals surface area contributed by atoms with E-state index in [0.29, 0.717) is 5.82 Å². The van der Waals surface area contributed by atoms with Crippen LogP contribution >= 0.6 is 0 Å². The van der Waals surface area contributed by atoms with E-state index in [-0.39, 0.29) is 0 Å². The Balaban J connectivity index is 1.21. The molecular weight excluding hydrogens is 629 g/mol. The third-order valence-corrected chi connectivity index (χ3v) is 10.2. The minimum Gasteiger partial charge on any atom is -0.228 e. The molecule has 1 heterocycles. The molecule has 1 aromatic heterocycles. The number of hydrogen-bond donors (Lipinski definition) is 0. The molecule has 0 amide bonds. The number of nitrogens with zero attached hydrogens (tertiary/aromatic N) is 2. The molecule has 52 heavy (non-hydrogen) atoms. The Morgan fingerprint density at radius 3 is 1.38 bits per heavy atom. The van der Waals surface area contributed by atoms with Crippen molar-refractivity contribution in [3.8, 4) is 56.2 Å². The molecule has 0 bridgehead atoms. The highest BCUT2D eigenvalue weighted by Crippen LogP contribution is 2.39. The van der Waals surface area contributed by atoms with E-state index in [4.69, 9.17) is 9.97 Å². The summed E-state index contributed by atoms with van der Waals surface area (Å²) in [6.45, 7) is 0. The molecular formula is C50H32N2. The fraction of sp³-hybridized carbons (Fsp3) is 0. The average molecular weight is 661 g/mol. The summed E-state index contributed by atoms with van der Waals surface area (Å²) in [6.07, 6.45) is 0. The van der Waals surface area contributed by atoms with E-state index in [2.05, 4.69) is 188 Å². The highest BCUT2D eigenvalue weighted by atomic mass is 14.9. The van der Waals surface area contributed by atoms with E-state index in [1.807, 2.05) is 6.07 Å². The summed E-state index contributed by atoms with van der Waals surface area (Å²) in [5.41, 5.74) is 9.48. The minimum atomic E-state index is 0.706. The summed E-state index contributed by atoms with van der Waals surface area (Å²) in [6, 6.07) is 69.4. The number of rotatable bonds is 5. The molecule has 0 atom stereocenters. The van der Waals surface area contributed by atoms with E-state index < -0.39 is 0 Å². The maximum Gasteiger partial charge on any atom is 0.160 e. The van der Waals surface area contributed by atoms with Crippen molar-refractivity contribution >= 4 is 43.1 Å². The van der Waals surface area contributed by atoms with Crippen molar-refractivity contribution in [1.29, 1.82) is 0 Å². The van der Waals surface area contributed by atoms with Gasteiger partial charge in [0.2, 0.25) is 0 Å². The first kappa shape index (κ1) is 30.0. The molecule has 0 unspecified atom stereocenters. The summed E-state index contributed by atoms with van der Waals surface area (Å²) in [5.74, 6) is 0.706. The highest BCUT2D eigenvalue weighted by Gasteiger charge is 2.15. The molecule has 0 saturated carbocycles. The predicted octanol–water partition coefficient (Wildman–Crippen LogP) is 13.4. The van der Waals surface area contributed by atoms with Gasteiger partial charge in [0, 0.05) is 16.7 Å². The topological polar surface area (TPSA) is 25.8 Å². The van der Waals surface area contributed by atoms with Gasteiger partial charge in [-0.2, -0.15) is 0 Å². The van der Waals surface area contributed by atoms with Gasteiger partial charge in [-0.15, -0.1) is 0 Å². The summed E-state index contributed by atoms with van der Waals surface area (Å²) in [4.78, 5) is 10.4. The van der Waals surface area contributed by atoms with Gasteiger partial charge in [-0.3, -0.25) is 0 Å². The highest BCUT2D eigenvalue weighted by molar-refractivity contribution is 6.25. The molecule has 10 rings (SSSR count). The van der Waals surface area contributed by atoms with Crippen LogP contribution in [0.1, 0.15) is 0 Å². The first-order chi connectivity index (χ1) is 25.7. The lowest BCUT2D eigenvalue weighted by Gasteiger charge is -2.15. The molecule has 10 aromatic rings. The van der Waals surface area contributed by atoms with Crippen molar-refractivity contribution in [2.75, 3.05) is 0 Å². The number of fused-ring (bicyclic) bond motifs is 7. The Kier molecular flexibility index (Phi) is 7.18. The van der Waals surface area contributed by atoms with Gasteiger partial charge in [0.1, 0.15) is 0 Å². The summed E-state index contributed by atoms with van der Waals surface area (Å²) >= 11 is 0. The third kappa shape index (κ3) is 5.30. The average Bonchev–Trinajstić information content (AvgIpc) is 3.23. The van der Waals surface area contributed by atoms with E-state index in [0.717, 1.165) is 44.8 Å². The van der Waals surface area contributed by atoms with Crippen molar-refractivity contribution < 1.29 is 0 Å². The number of hydrogen-bond acceptors (Lipinski definition) is 2. The maximum atomic E-state index is 5.29. The lowest BCUT2D eigenvalue weighted by molar-refractivity contribution is 1.18. The minimum absolute atomic E-state index is 0.706. The van der Waals surface area contributed by atoms with Crippen molar-refractivity contribution in [3.05, 3.63) is 194 Å². The second-order valence-electron chi connectivity index (χ2n) is 13.4. The molecule has 9 aromatic carbocycles. The Labute approximate surface area is 302 Å². The second kappa shape index (κ2) is 12.5. The van der Waals surface area contributed by atoms with Crippen LogP contribution in [0.25, 0.3) is 99.2 Å². The molecule has 0 saturated heterocycles. The van der Waals surface area contributed by atoms with Crippen LogP contribution in [0, 0.1) is 0 Å². The first-order valence-electron chi connectivity index (χ1n) is 17.7. The van der Waals surface area contributed by atoms with Gasteiger partial charge >= 0.3 is 0 Å². The van der Waals surface area contributed by atoms with Crippen molar-refractivity contribution in [1.82, 2.24) is 9.97 Å². The van der Waals surface area contributed by atoms with E-state index in [1.54, 1.807) is 0 Å². The van der Waals surface area contributed by atoms with Crippen LogP contribution < -0.4 is 0 Å². The standard InChI is InChI=1S/C50H32N2/c1-3-13-33(14-4-1)39-28-40(37-25-26-46-44-21-10-9-19-42(44)43-20-11-12-22-45(43)47(46)31-37)30-41(29-39)49-32-48(35-16-5-2-6-17-35)51-50(52-49)38-24-23-34-15-7-8-18-36(34)27-38/h1-32H. The van der Waals surface area contributed by atoms with Gasteiger partial charge in [0.25, 0.3) is 0 Å². The molecule has 0 fully saturated rings. The number of benzene rings is 9. The number of aromatic nitrogens is 2. The lowest BCUT2D eigenvalue weighted by atomic mass is 9.90. The summed E-state index contributed by atoms with van der Waals surface area (Å²) < 4.78 is 0. The predicted molar refractivity (Wildman–Crippen MR) is 219 cm³/mol. The van der Waals surface area contributed by atoms with Gasteiger partial charge in [-0.05, 0) is 102 Å². The Morgan fingerprint density at radius 1 is 0.231 bits per heavy atom. The summed E-state index contributed by atoms with van der Waals surface area (Å²) in [5, 5.41) is 9.98. The van der Waals surface area contributed by atoms with E-state index >= 15 is 0 Å². The second-order valence-corrected chi connectivity index (χ2v) is 13.4. The van der Waals surface area contributed by atoms with Crippen LogP contribution in [-0.2, 0) is 0 Å². The van der Waals surface area contributed by atoms with E-state index in [9.17, 15) is 0 Å². The lowest BCUT2D eigenvalue weighted by Crippen LogP contribution is -1.96. The molecule has 0 N–H and O–H groups in total. The van der Waals surface area contributed by atoms with Crippen LogP contribution in [0.2, 0.25) is 0 Å². The monoisotopic (exact) mass is 660 g/mol. The van der Waals surface area contributed by atoms with Gasteiger partial charge in [0.15, 0.2) is 5.82 Å². The molecule has 0 aliphatic carbocycles. The van der Waals surface area contributed by atoms with Gasteiger partial charge in [-0.1, -0.05) is 158 Å². The van der Waals surface area contributed by atoms with Crippen molar-refractivity contribution in [2.45, 2.75) is 0 Å². The fourth-order valence-electron chi connectivity index (χ4n) is 7.64. The molecule has 2 nitrogen and oxygen atoms in total. The van der Waals surface area contributed by atoms with Crippen LogP contribution in [0.4, 0.5) is 0 Å². The van der Waals surface area contributed by atoms with Crippen LogP contribution in [0.3, 0.4) is 0 Å². The van der Waals surface area contributed by atoms with Crippen LogP contribution in [0.15, 0.2) is 194 Å². The van der Waals surface area contributed by atoms with Gasteiger partial charge in [-0.25, -0.2) is 9.97 Å². The van der Waals surface area contributed by atoms with Gasteiger partial charge in [0.05, 0.1) is 11.4 Å². The van der Waals surface area contributed by atoms with Crippen molar-refractivity contribution in [2.24, 2.45) is 0 Å². The van der Waals surface area contributed by atoms with E-state index in [1.165, 1.54) is 48.7 Å². The zero-order valence-electron chi connectivity index (χ0n) is 28.4. The summed E-state index contributed by atoms with van der Waals surface area (Å²) in [7, 11) is 0. The molecule has 0 aliphatic rings.